The second-order valence-corrected chi connectivity index (χ2v) is 9.34. The number of nitrogens with zero attached hydrogens (tertiary/aromatic N) is 1. The third kappa shape index (κ3) is 5.19. The monoisotopic (exact) mass is 497 g/mol. The minimum Gasteiger partial charge on any atom is -0.481 e. The van der Waals surface area contributed by atoms with Gasteiger partial charge in [0.1, 0.15) is 6.10 Å². The largest absolute Gasteiger partial charge is 0.481 e. The van der Waals surface area contributed by atoms with E-state index in [1.54, 1.807) is 0 Å². The Morgan fingerprint density at radius 3 is 2.08 bits per heavy atom. The number of hydrogen-bond acceptors (Lipinski definition) is 5. The SMILES string of the molecule is C.Cc1noc(-c2ccc(-c3ccc(C4(C(=O)O)CC4)cc3)cc2)c1CC(=O)O[C@H](C)c1ccccc1. The standard InChI is InChI=1S/C30H27NO5.CH4/c1-19-26(18-27(32)35-20(2)21-6-4-3-5-7-21)28(36-31-19)24-10-8-22(9-11-24)23-12-14-25(15-13-23)30(16-17-30)29(33)34;/h3-15,20H,16-18H2,1-2H3,(H,33,34);1H4/t20-;/m1./s1. The molecule has 1 aliphatic carbocycles. The predicted molar refractivity (Wildman–Crippen MR) is 142 cm³/mol. The lowest BCUT2D eigenvalue weighted by molar-refractivity contribution is -0.147. The molecule has 0 amide bonds. The van der Waals surface area contributed by atoms with Crippen LogP contribution in [0.4, 0.5) is 0 Å². The van der Waals surface area contributed by atoms with E-state index in [4.69, 9.17) is 9.26 Å². The molecule has 0 spiro atoms. The molecule has 0 saturated heterocycles. The molecule has 1 aliphatic rings. The lowest BCUT2D eigenvalue weighted by Gasteiger charge is -2.13. The number of carbonyl (C=O) groups excluding carboxylic acids is 1. The lowest BCUT2D eigenvalue weighted by Crippen LogP contribution is -2.19. The molecule has 1 saturated carbocycles. The number of carboxylic acids is 1. The van der Waals surface area contributed by atoms with Gasteiger partial charge in [-0.25, -0.2) is 0 Å². The number of rotatable bonds is 8. The third-order valence-electron chi connectivity index (χ3n) is 6.96. The molecule has 1 aromatic heterocycles. The summed E-state index contributed by atoms with van der Waals surface area (Å²) in [4.78, 5) is 24.3. The first-order chi connectivity index (χ1) is 17.4. The summed E-state index contributed by atoms with van der Waals surface area (Å²) in [6.45, 7) is 3.67. The van der Waals surface area contributed by atoms with E-state index in [2.05, 4.69) is 5.16 Å². The van der Waals surface area contributed by atoms with Crippen LogP contribution in [0.15, 0.2) is 83.4 Å². The van der Waals surface area contributed by atoms with Crippen LogP contribution in [0.1, 0.15) is 55.7 Å². The average Bonchev–Trinajstić information content (AvgIpc) is 3.64. The van der Waals surface area contributed by atoms with Crippen molar-refractivity contribution in [3.63, 3.8) is 0 Å². The summed E-state index contributed by atoms with van der Waals surface area (Å²) in [5, 5.41) is 13.6. The maximum absolute atomic E-state index is 12.7. The highest BCUT2D eigenvalue weighted by molar-refractivity contribution is 5.85. The van der Waals surface area contributed by atoms with E-state index in [0.717, 1.165) is 27.8 Å². The Kier molecular flexibility index (Phi) is 7.30. The fourth-order valence-electron chi connectivity index (χ4n) is 4.55. The summed E-state index contributed by atoms with van der Waals surface area (Å²) in [5.74, 6) is -0.544. The molecular weight excluding hydrogens is 466 g/mol. The van der Waals surface area contributed by atoms with Crippen molar-refractivity contribution in [1.82, 2.24) is 5.16 Å². The van der Waals surface area contributed by atoms with Crippen molar-refractivity contribution in [3.05, 3.63) is 101 Å². The van der Waals surface area contributed by atoms with E-state index >= 15 is 0 Å². The minimum atomic E-state index is -0.754. The Labute approximate surface area is 216 Å². The predicted octanol–water partition coefficient (Wildman–Crippen LogP) is 6.92. The second kappa shape index (κ2) is 10.4. The lowest BCUT2D eigenvalue weighted by atomic mass is 9.93. The van der Waals surface area contributed by atoms with Crippen LogP contribution >= 0.6 is 0 Å². The van der Waals surface area contributed by atoms with Gasteiger partial charge in [0, 0.05) is 11.1 Å². The van der Waals surface area contributed by atoms with Gasteiger partial charge in [-0.2, -0.15) is 0 Å². The molecule has 0 unspecified atom stereocenters. The zero-order valence-corrected chi connectivity index (χ0v) is 20.2. The van der Waals surface area contributed by atoms with Gasteiger partial charge in [-0.15, -0.1) is 0 Å². The zero-order valence-electron chi connectivity index (χ0n) is 20.2. The normalized spacial score (nSPS) is 14.3. The molecule has 3 aromatic carbocycles. The molecular formula is C31H31NO5. The van der Waals surface area contributed by atoms with E-state index in [1.807, 2.05) is 92.7 Å². The van der Waals surface area contributed by atoms with Crippen LogP contribution in [-0.4, -0.2) is 22.2 Å². The van der Waals surface area contributed by atoms with Gasteiger partial charge in [-0.05, 0) is 48.9 Å². The number of hydrogen-bond donors (Lipinski definition) is 1. The van der Waals surface area contributed by atoms with E-state index in [-0.39, 0.29) is 25.9 Å². The number of aromatic nitrogens is 1. The zero-order chi connectivity index (χ0) is 25.3. The highest BCUT2D eigenvalue weighted by Crippen LogP contribution is 2.48. The first-order valence-electron chi connectivity index (χ1n) is 12.0. The fraction of sp³-hybridized carbons (Fsp3) is 0.258. The van der Waals surface area contributed by atoms with Crippen LogP contribution in [0, 0.1) is 6.92 Å². The van der Waals surface area contributed by atoms with E-state index < -0.39 is 11.4 Å². The van der Waals surface area contributed by atoms with Crippen molar-refractivity contribution in [2.24, 2.45) is 0 Å². The van der Waals surface area contributed by atoms with Crippen molar-refractivity contribution in [2.45, 2.75) is 52.1 Å². The van der Waals surface area contributed by atoms with Crippen LogP contribution in [0.3, 0.4) is 0 Å². The molecule has 5 rings (SSSR count). The highest BCUT2D eigenvalue weighted by atomic mass is 16.5. The number of ether oxygens (including phenoxy) is 1. The fourth-order valence-corrected chi connectivity index (χ4v) is 4.55. The van der Waals surface area contributed by atoms with Gasteiger partial charge in [-0.3, -0.25) is 9.59 Å². The molecule has 0 aliphatic heterocycles. The average molecular weight is 498 g/mol. The molecule has 1 heterocycles. The van der Waals surface area contributed by atoms with Crippen molar-refractivity contribution in [3.8, 4) is 22.5 Å². The number of aryl methyl sites for hydroxylation is 1. The summed E-state index contributed by atoms with van der Waals surface area (Å²) < 4.78 is 11.2. The van der Waals surface area contributed by atoms with Gasteiger partial charge >= 0.3 is 11.9 Å². The molecule has 0 radical (unpaired) electrons. The molecule has 1 N–H and O–H groups in total. The molecule has 1 atom stereocenters. The molecule has 4 aromatic rings. The molecule has 37 heavy (non-hydrogen) atoms. The molecule has 190 valence electrons. The van der Waals surface area contributed by atoms with Crippen molar-refractivity contribution >= 4 is 11.9 Å². The Morgan fingerprint density at radius 2 is 1.51 bits per heavy atom. The number of aliphatic carboxylic acids is 1. The second-order valence-electron chi connectivity index (χ2n) is 9.34. The van der Waals surface area contributed by atoms with Crippen LogP contribution in [0.5, 0.6) is 0 Å². The number of esters is 1. The van der Waals surface area contributed by atoms with Gasteiger partial charge in [0.25, 0.3) is 0 Å². The molecule has 0 bridgehead atoms. The Balaban J connectivity index is 0.00000320. The first-order valence-corrected chi connectivity index (χ1v) is 12.0. The van der Waals surface area contributed by atoms with Crippen molar-refractivity contribution in [1.29, 1.82) is 0 Å². The van der Waals surface area contributed by atoms with E-state index in [0.29, 0.717) is 29.9 Å². The van der Waals surface area contributed by atoms with Gasteiger partial charge in [0.2, 0.25) is 0 Å². The number of carboxylic acid groups (broad SMARTS) is 1. The van der Waals surface area contributed by atoms with Gasteiger partial charge in [0.15, 0.2) is 5.76 Å². The van der Waals surface area contributed by atoms with Crippen molar-refractivity contribution < 1.29 is 24.0 Å². The Hall–Kier alpha value is -4.19. The Bertz CT molecular complexity index is 1380. The third-order valence-corrected chi connectivity index (χ3v) is 6.96. The maximum atomic E-state index is 12.7. The number of benzene rings is 3. The Morgan fingerprint density at radius 1 is 0.946 bits per heavy atom. The summed E-state index contributed by atoms with van der Waals surface area (Å²) >= 11 is 0. The van der Waals surface area contributed by atoms with Crippen molar-refractivity contribution in [2.75, 3.05) is 0 Å². The van der Waals surface area contributed by atoms with Crippen LogP contribution in [0.2, 0.25) is 0 Å². The number of carbonyl (C=O) groups is 2. The highest BCUT2D eigenvalue weighted by Gasteiger charge is 2.51. The summed E-state index contributed by atoms with van der Waals surface area (Å²) in [6.07, 6.45) is 1.09. The van der Waals surface area contributed by atoms with Crippen LogP contribution < -0.4 is 0 Å². The van der Waals surface area contributed by atoms with Crippen LogP contribution in [0.25, 0.3) is 22.5 Å². The summed E-state index contributed by atoms with van der Waals surface area (Å²) in [7, 11) is 0. The smallest absolute Gasteiger partial charge is 0.314 e. The maximum Gasteiger partial charge on any atom is 0.314 e. The van der Waals surface area contributed by atoms with E-state index in [1.165, 1.54) is 0 Å². The quantitative estimate of drug-likeness (QED) is 0.266. The summed E-state index contributed by atoms with van der Waals surface area (Å²) in [6, 6.07) is 25.2. The van der Waals surface area contributed by atoms with Gasteiger partial charge in [0.05, 0.1) is 17.5 Å². The van der Waals surface area contributed by atoms with E-state index in [9.17, 15) is 14.7 Å². The topological polar surface area (TPSA) is 89.6 Å². The summed E-state index contributed by atoms with van der Waals surface area (Å²) in [5.41, 5.74) is 5.26. The van der Waals surface area contributed by atoms with Gasteiger partial charge in [-0.1, -0.05) is 91.4 Å². The van der Waals surface area contributed by atoms with Crippen LogP contribution in [-0.2, 0) is 26.2 Å². The molecule has 6 nitrogen and oxygen atoms in total. The molecule has 1 fully saturated rings. The van der Waals surface area contributed by atoms with Gasteiger partial charge < -0.3 is 14.4 Å². The first kappa shape index (κ1) is 25.9. The molecule has 6 heteroatoms. The minimum absolute atomic E-state index is 0.